The molecule has 1 N–H and O–H groups in total. The lowest BCUT2D eigenvalue weighted by Crippen LogP contribution is -2.41. The largest absolute Gasteiger partial charge is 0.399 e. The van der Waals surface area contributed by atoms with Gasteiger partial charge in [0.05, 0.1) is 17.2 Å². The van der Waals surface area contributed by atoms with Gasteiger partial charge in [-0.3, -0.25) is 9.78 Å². The number of benzene rings is 2. The lowest BCUT2D eigenvalue weighted by Gasteiger charge is -2.26. The maximum Gasteiger partial charge on any atom is 0.399 e. The van der Waals surface area contributed by atoms with Gasteiger partial charge in [-0.25, -0.2) is 0 Å². The predicted octanol–water partition coefficient (Wildman–Crippen LogP) is 7.03. The predicted molar refractivity (Wildman–Crippen MR) is 130 cm³/mol. The summed E-state index contributed by atoms with van der Waals surface area (Å²) in [5.41, 5.74) is 3.56. The van der Waals surface area contributed by atoms with Crippen molar-refractivity contribution in [2.45, 2.75) is 52.3 Å². The van der Waals surface area contributed by atoms with E-state index in [9.17, 15) is 18.0 Å². The van der Waals surface area contributed by atoms with E-state index in [4.69, 9.17) is 0 Å². The maximum atomic E-state index is 13.8. The average Bonchev–Trinajstić information content (AvgIpc) is 2.72. The molecule has 3 aromatic rings. The van der Waals surface area contributed by atoms with Gasteiger partial charge in [0.2, 0.25) is 0 Å². The molecule has 0 fully saturated rings. The zero-order chi connectivity index (χ0) is 25.1. The number of nitrogens with one attached hydrogen (secondary N) is 1. The fraction of sp³-hybridized carbons (Fsp3) is 0.286. The molecule has 0 aliphatic carbocycles. The first kappa shape index (κ1) is 25.2. The van der Waals surface area contributed by atoms with Crippen molar-refractivity contribution in [3.63, 3.8) is 0 Å². The van der Waals surface area contributed by atoms with E-state index in [0.29, 0.717) is 16.7 Å². The second-order valence-corrected chi connectivity index (χ2v) is 9.17. The van der Waals surface area contributed by atoms with Crippen molar-refractivity contribution in [1.82, 2.24) is 10.3 Å². The van der Waals surface area contributed by atoms with E-state index in [1.165, 1.54) is 12.2 Å². The lowest BCUT2D eigenvalue weighted by molar-refractivity contribution is -0.139. The van der Waals surface area contributed by atoms with Gasteiger partial charge in [0.15, 0.2) is 0 Å². The van der Waals surface area contributed by atoms with E-state index < -0.39 is 17.6 Å². The number of allylic oxidation sites excluding steroid dienone is 1. The second-order valence-electron chi connectivity index (χ2n) is 9.17. The Bertz CT molecular complexity index is 1180. The Morgan fingerprint density at radius 3 is 2.21 bits per heavy atom. The summed E-state index contributed by atoms with van der Waals surface area (Å²) in [6.07, 6.45) is -0.111. The summed E-state index contributed by atoms with van der Waals surface area (Å²) < 4.78 is 41.4. The van der Waals surface area contributed by atoms with E-state index in [1.807, 2.05) is 32.0 Å². The molecule has 0 spiro atoms. The van der Waals surface area contributed by atoms with Crippen molar-refractivity contribution in [2.24, 2.45) is 0 Å². The van der Waals surface area contributed by atoms with Crippen molar-refractivity contribution in [1.29, 1.82) is 0 Å². The molecule has 34 heavy (non-hydrogen) atoms. The Hall–Kier alpha value is -3.41. The molecule has 1 unspecified atom stereocenters. The number of hydrogen-bond donors (Lipinski definition) is 1. The summed E-state index contributed by atoms with van der Waals surface area (Å²) in [6.45, 7) is 9.07. The quantitative estimate of drug-likeness (QED) is 0.424. The third-order valence-electron chi connectivity index (χ3n) is 5.66. The van der Waals surface area contributed by atoms with Gasteiger partial charge in [0, 0.05) is 11.8 Å². The van der Waals surface area contributed by atoms with Gasteiger partial charge in [0.25, 0.3) is 5.91 Å². The molecule has 0 bridgehead atoms. The second kappa shape index (κ2) is 9.84. The number of aromatic nitrogens is 1. The number of rotatable bonds is 6. The highest BCUT2D eigenvalue weighted by Crippen LogP contribution is 2.37. The third kappa shape index (κ3) is 6.13. The molecule has 178 valence electrons. The molecular formula is C28H29F3N2O. The number of carbonyl (C=O) groups excluding carboxylic acids is 1. The summed E-state index contributed by atoms with van der Waals surface area (Å²) in [6, 6.07) is 15.5. The first-order chi connectivity index (χ1) is 15.9. The van der Waals surface area contributed by atoms with Crippen LogP contribution in [0.1, 0.15) is 63.6 Å². The number of aryl methyl sites for hydroxylation is 3. The van der Waals surface area contributed by atoms with Crippen molar-refractivity contribution >= 4 is 12.0 Å². The smallest absolute Gasteiger partial charge is 0.342 e. The third-order valence-corrected chi connectivity index (χ3v) is 5.66. The molecule has 1 heterocycles. The molecule has 6 heteroatoms. The molecule has 1 aromatic heterocycles. The van der Waals surface area contributed by atoms with Gasteiger partial charge in [-0.1, -0.05) is 59.7 Å². The molecule has 1 amide bonds. The summed E-state index contributed by atoms with van der Waals surface area (Å²) >= 11 is 0. The average molecular weight is 467 g/mol. The van der Waals surface area contributed by atoms with Gasteiger partial charge >= 0.3 is 6.18 Å². The van der Waals surface area contributed by atoms with Crippen molar-refractivity contribution in [2.75, 3.05) is 0 Å². The van der Waals surface area contributed by atoms with Crippen LogP contribution in [0.2, 0.25) is 0 Å². The summed E-state index contributed by atoms with van der Waals surface area (Å²) in [7, 11) is 0. The zero-order valence-electron chi connectivity index (χ0n) is 20.0. The van der Waals surface area contributed by atoms with Gasteiger partial charge < -0.3 is 5.32 Å². The van der Waals surface area contributed by atoms with Crippen molar-refractivity contribution < 1.29 is 18.0 Å². The first-order valence-electron chi connectivity index (χ1n) is 11.0. The van der Waals surface area contributed by atoms with Crippen LogP contribution >= 0.6 is 0 Å². The Kier molecular flexibility index (Phi) is 7.29. The van der Waals surface area contributed by atoms with E-state index in [2.05, 4.69) is 10.3 Å². The Balaban J connectivity index is 1.83. The number of hydrogen-bond acceptors (Lipinski definition) is 2. The number of alkyl halides is 3. The normalized spacial score (nSPS) is 13.2. The van der Waals surface area contributed by atoms with E-state index in [0.717, 1.165) is 16.8 Å². The molecule has 0 radical (unpaired) electrons. The molecule has 0 saturated heterocycles. The Morgan fingerprint density at radius 1 is 0.971 bits per heavy atom. The number of nitrogens with zero attached hydrogens (tertiary/aromatic N) is 1. The summed E-state index contributed by atoms with van der Waals surface area (Å²) in [4.78, 5) is 17.2. The fourth-order valence-corrected chi connectivity index (χ4v) is 4.00. The van der Waals surface area contributed by atoms with Gasteiger partial charge in [-0.05, 0) is 69.5 Å². The van der Waals surface area contributed by atoms with Crippen LogP contribution in [0, 0.1) is 20.8 Å². The number of carbonyl (C=O) groups is 1. The van der Waals surface area contributed by atoms with Crippen LogP contribution in [0.3, 0.4) is 0 Å². The van der Waals surface area contributed by atoms with Crippen molar-refractivity contribution in [3.05, 3.63) is 106 Å². The molecule has 0 aliphatic heterocycles. The topological polar surface area (TPSA) is 42.0 Å². The van der Waals surface area contributed by atoms with Gasteiger partial charge in [0.1, 0.15) is 0 Å². The minimum Gasteiger partial charge on any atom is -0.342 e. The monoisotopic (exact) mass is 466 g/mol. The molecule has 3 rings (SSSR count). The molecule has 0 aliphatic rings. The lowest BCUT2D eigenvalue weighted by atomic mass is 9.93. The number of amides is 1. The van der Waals surface area contributed by atoms with Crippen LogP contribution < -0.4 is 5.32 Å². The molecule has 2 aromatic carbocycles. The molecular weight excluding hydrogens is 437 g/mol. The number of halogens is 3. The fourth-order valence-electron chi connectivity index (χ4n) is 4.00. The Morgan fingerprint density at radius 2 is 1.65 bits per heavy atom. The van der Waals surface area contributed by atoms with Gasteiger partial charge in [-0.15, -0.1) is 0 Å². The van der Waals surface area contributed by atoms with E-state index in [-0.39, 0.29) is 11.5 Å². The van der Waals surface area contributed by atoms with Crippen LogP contribution in [-0.2, 0) is 5.54 Å². The van der Waals surface area contributed by atoms with E-state index >= 15 is 0 Å². The van der Waals surface area contributed by atoms with Crippen LogP contribution in [-0.4, -0.2) is 17.1 Å². The molecule has 3 nitrogen and oxygen atoms in total. The Labute approximate surface area is 198 Å². The molecule has 1 atom stereocenters. The highest BCUT2D eigenvalue weighted by molar-refractivity contribution is 5.96. The number of pyridine rings is 1. The zero-order valence-corrected chi connectivity index (χ0v) is 20.0. The van der Waals surface area contributed by atoms with Crippen LogP contribution in [0.25, 0.3) is 6.08 Å². The standard InChI is InChI=1S/C28H29F3N2O/c1-18-14-19(2)16-22(15-18)24(28(29,30)31)12-10-21-9-11-23(20(3)17-21)26(34)33-27(4,5)25-8-6-7-13-32-25/h6-17,24H,1-5H3,(H,33,34)/b12-10+. The SMILES string of the molecule is Cc1cc(C)cc(C(/C=C/c2ccc(C(=O)NC(C)(C)c3ccccn3)c(C)c2)C(F)(F)F)c1. The highest BCUT2D eigenvalue weighted by Gasteiger charge is 2.39. The van der Waals surface area contributed by atoms with E-state index in [1.54, 1.807) is 63.4 Å². The van der Waals surface area contributed by atoms with Crippen LogP contribution in [0.15, 0.2) is 66.9 Å². The van der Waals surface area contributed by atoms with Gasteiger partial charge in [-0.2, -0.15) is 13.2 Å². The minimum absolute atomic E-state index is 0.214. The first-order valence-corrected chi connectivity index (χ1v) is 11.0. The molecule has 0 saturated carbocycles. The van der Waals surface area contributed by atoms with Crippen LogP contribution in [0.5, 0.6) is 0 Å². The highest BCUT2D eigenvalue weighted by atomic mass is 19.4. The minimum atomic E-state index is -4.41. The van der Waals surface area contributed by atoms with Crippen molar-refractivity contribution in [3.8, 4) is 0 Å². The summed E-state index contributed by atoms with van der Waals surface area (Å²) in [5, 5.41) is 2.98. The van der Waals surface area contributed by atoms with Crippen LogP contribution in [0.4, 0.5) is 13.2 Å². The summed E-state index contributed by atoms with van der Waals surface area (Å²) in [5.74, 6) is -1.99. The maximum absolute atomic E-state index is 13.8.